The second kappa shape index (κ2) is 47.7. The molecule has 1 radical (unpaired) electrons. The van der Waals surface area contributed by atoms with Crippen LogP contribution in [0.15, 0.2) is 95.5 Å². The van der Waals surface area contributed by atoms with Crippen molar-refractivity contribution < 1.29 is 266 Å². The molecule has 0 fully saturated rings. The average molecular weight is 1870 g/mol. The van der Waals surface area contributed by atoms with Crippen LogP contribution in [0.4, 0.5) is 0 Å². The monoisotopic (exact) mass is 1860 g/mol. The molecule has 0 saturated carbocycles. The van der Waals surface area contributed by atoms with Crippen LogP contribution in [0.1, 0.15) is 112 Å². The van der Waals surface area contributed by atoms with Crippen molar-refractivity contribution in [1.82, 2.24) is 0 Å². The number of hydrogen-bond donors (Lipinski definition) is 9. The third-order valence-corrected chi connectivity index (χ3v) is 14.9. The quantitative estimate of drug-likeness (QED) is 0.00553. The van der Waals surface area contributed by atoms with Crippen LogP contribution in [0.5, 0.6) is 34.5 Å². The van der Waals surface area contributed by atoms with E-state index in [-0.39, 0.29) is 217 Å². The fraction of sp³-hybridized carbons (Fsp3) is 0.375. The van der Waals surface area contributed by atoms with Gasteiger partial charge in [0.1, 0.15) is 34.5 Å². The molecule has 9 N–H and O–H groups in total. The van der Waals surface area contributed by atoms with Crippen molar-refractivity contribution in [3.05, 3.63) is 166 Å². The van der Waals surface area contributed by atoms with Crippen LogP contribution < -0.4 is 149 Å². The maximum atomic E-state index is 12.5. The van der Waals surface area contributed by atoms with Crippen molar-refractivity contribution in [2.24, 2.45) is 0 Å². The number of nitrogens with zero attached hydrogens (tertiary/aromatic N) is 2. The summed E-state index contributed by atoms with van der Waals surface area (Å²) in [6.07, 6.45) is 1.57. The van der Waals surface area contributed by atoms with E-state index in [1.54, 1.807) is 41.5 Å². The number of benzene rings is 6. The molecule has 0 spiro atoms. The van der Waals surface area contributed by atoms with Gasteiger partial charge >= 0.3 is 163 Å². The molecule has 0 aliphatic rings. The number of carbonyl (C=O) groups excluding carboxylic acids is 4. The normalized spacial score (nSPS) is 10.3. The molecule has 0 aliphatic heterocycles. The standard InChI is InChI=1S/C21H25BrO4.C21H25NO7.C13H18BBrO6.C8H9Br.CH2O3.Ag.2Cs.HNO3.H/c1-13-8-14(2)10-15(9-13)19-17(23)11-16(12-18(19)24)21(3,4)20(25)26-7-5-6-22;1-13-8-14(2)10-15(9-13)19-17(23)11-16(12-18(19)24)21(3,4)20(25)28-6-5-7-29-22(26)27;1-13(2,12(18)21-5-3-4-15)8-6-9(16)11(14(19)20)10(17)7-8;1-6-3-7(2)5-8(9)4-6;2-1-4-3;;;;2-1(3)4;/h8-12,23-24H,5-7H2,1-4H3;8-12,23-24H,5-7H2,1-4H3;6-7,16-17,19-20H,3-5H2,1-2H3;3-5H,1-2H3;1,3H;;;;(H,2,3,4);/q;;;;;;2*+1;;-1/p-1. The van der Waals surface area contributed by atoms with Crippen LogP contribution in [0.25, 0.3) is 22.3 Å². The van der Waals surface area contributed by atoms with Gasteiger partial charge < -0.3 is 76.5 Å². The summed E-state index contributed by atoms with van der Waals surface area (Å²) < 4.78 is 16.8. The molecule has 0 aliphatic carbocycles. The number of hydrogen-bond acceptors (Lipinski definition) is 22. The van der Waals surface area contributed by atoms with E-state index in [0.717, 1.165) is 39.6 Å². The largest absolute Gasteiger partial charge is 1.00 e. The number of aryl methyl sites for hydroxylation is 6. The molecule has 0 aromatic heterocycles. The molecule has 6 aromatic carbocycles. The minimum absolute atomic E-state index is 0. The molecule has 0 saturated heterocycles. The smallest absolute Gasteiger partial charge is 1.00 e. The number of phenols is 6. The summed E-state index contributed by atoms with van der Waals surface area (Å²) in [5, 5.41) is 113. The average Bonchev–Trinajstić information content (AvgIpc) is 0.797. The van der Waals surface area contributed by atoms with Gasteiger partial charge in [-0.15, -0.1) is 20.2 Å². The second-order valence-electron chi connectivity index (χ2n) is 22.3. The Morgan fingerprint density at radius 3 is 0.990 bits per heavy atom. The Kier molecular flexibility index (Phi) is 48.1. The van der Waals surface area contributed by atoms with Gasteiger partial charge in [-0.2, -0.15) is 0 Å². The fourth-order valence-electron chi connectivity index (χ4n) is 8.64. The third-order valence-electron chi connectivity index (χ3n) is 13.3. The number of alkyl halides is 2. The molecule has 6 rings (SSSR count). The van der Waals surface area contributed by atoms with Gasteiger partial charge in [0.25, 0.3) is 16.6 Å². The summed E-state index contributed by atoms with van der Waals surface area (Å²) >= 11 is 9.94. The zero-order chi connectivity index (χ0) is 71.3. The number of phenolic OH excluding ortho intramolecular Hbond substituents is 6. The summed E-state index contributed by atoms with van der Waals surface area (Å²) in [4.78, 5) is 70.8. The third kappa shape index (κ3) is 33.4. The minimum Gasteiger partial charge on any atom is -1.00 e. The first-order chi connectivity index (χ1) is 43.2. The van der Waals surface area contributed by atoms with E-state index < -0.39 is 68.4 Å². The number of carbonyl (C=O) groups is 4. The number of aromatic hydroxyl groups is 6. The summed E-state index contributed by atoms with van der Waals surface area (Å²) in [5.74, 6) is -2.90. The number of ether oxygens (including phenoxy) is 3. The maximum Gasteiger partial charge on any atom is 1.00 e. The zero-order valence-electron chi connectivity index (χ0n) is 56.7. The van der Waals surface area contributed by atoms with Gasteiger partial charge in [0.15, 0.2) is 0 Å². The topological polar surface area (TPSA) is 406 Å². The van der Waals surface area contributed by atoms with Crippen LogP contribution in [0, 0.1) is 61.8 Å². The maximum absolute atomic E-state index is 12.5. The van der Waals surface area contributed by atoms with Gasteiger partial charge in [0.05, 0.1) is 59.3 Å². The van der Waals surface area contributed by atoms with Crippen molar-refractivity contribution >= 4 is 84.8 Å². The van der Waals surface area contributed by atoms with Crippen LogP contribution in [0.3, 0.4) is 0 Å². The summed E-state index contributed by atoms with van der Waals surface area (Å²) in [5.41, 5.74) is 6.32. The fourth-order valence-corrected chi connectivity index (χ4v) is 9.82. The van der Waals surface area contributed by atoms with Crippen LogP contribution in [-0.2, 0) is 81.7 Å². The molecule has 32 heteroatoms. The number of rotatable bonds is 21. The second-order valence-corrected chi connectivity index (χ2v) is 24.8. The van der Waals surface area contributed by atoms with Crippen molar-refractivity contribution in [2.75, 3.05) is 37.1 Å². The molecular weight excluding hydrogens is 1790 g/mol. The minimum atomic E-state index is -2.01. The Bertz CT molecular complexity index is 3360. The van der Waals surface area contributed by atoms with E-state index in [4.69, 9.17) is 49.6 Å². The van der Waals surface area contributed by atoms with E-state index in [9.17, 15) is 55.1 Å². The molecule has 0 atom stereocenters. The summed E-state index contributed by atoms with van der Waals surface area (Å²) in [6, 6.07) is 26.2. The van der Waals surface area contributed by atoms with Crippen molar-refractivity contribution in [1.29, 1.82) is 0 Å². The molecule has 0 bridgehead atoms. The van der Waals surface area contributed by atoms with E-state index in [2.05, 4.69) is 89.6 Å². The molecule has 521 valence electrons. The van der Waals surface area contributed by atoms with Crippen molar-refractivity contribution in [3.63, 3.8) is 0 Å². The SMILES string of the molecule is CC(C)(C(=O)OCCCBr)c1cc(O)c(B(O)O)c(O)c1.Cc1cc(C)cc(-c2c(O)cc(C(C)(C)C(=O)OCCCBr)cc2O)c1.Cc1cc(C)cc(-c2c(O)cc(C(C)(C)C(=O)OCCCO[N+](=O)[O-])cc2O)c1.Cc1cc(C)cc(Br)c1.O=CO[O-].O=[N+]([O-])O.[Ag].[Cs+].[Cs+].[H-]. The number of esters is 3. The molecule has 25 nitrogen and oxygen atoms in total. The number of halogens is 3. The molecule has 6 aromatic rings. The Morgan fingerprint density at radius 2 is 0.760 bits per heavy atom. The summed E-state index contributed by atoms with van der Waals surface area (Å²) in [6.45, 7) is 22.0. The first-order valence-corrected chi connectivity index (χ1v) is 31.2. The van der Waals surface area contributed by atoms with Gasteiger partial charge in [-0.05, 0) is 183 Å². The van der Waals surface area contributed by atoms with Gasteiger partial charge in [0.2, 0.25) is 0 Å². The zero-order valence-corrected chi connectivity index (χ0v) is 74.5. The predicted molar refractivity (Wildman–Crippen MR) is 356 cm³/mol. The molecule has 0 unspecified atom stereocenters. The van der Waals surface area contributed by atoms with E-state index in [0.29, 0.717) is 51.7 Å². The first kappa shape index (κ1) is 96.8. The van der Waals surface area contributed by atoms with Gasteiger partial charge in [-0.25, -0.2) is 0 Å². The predicted octanol–water partition coefficient (Wildman–Crippen LogP) is 4.44. The van der Waals surface area contributed by atoms with Crippen LogP contribution in [-0.4, -0.2) is 125 Å². The Hall–Kier alpha value is -3.37. The van der Waals surface area contributed by atoms with Crippen LogP contribution >= 0.6 is 47.8 Å². The van der Waals surface area contributed by atoms with Gasteiger partial charge in [0, 0.05) is 43.9 Å². The van der Waals surface area contributed by atoms with Crippen molar-refractivity contribution in [2.45, 2.75) is 119 Å². The van der Waals surface area contributed by atoms with Gasteiger partial charge in [-0.1, -0.05) is 113 Å². The van der Waals surface area contributed by atoms with Gasteiger partial charge in [-0.3, -0.25) is 19.2 Å². The Morgan fingerprint density at radius 1 is 0.510 bits per heavy atom. The summed E-state index contributed by atoms with van der Waals surface area (Å²) in [7, 11) is -2.01. The molecule has 0 amide bonds. The molecule has 96 heavy (non-hydrogen) atoms. The molecule has 0 heterocycles. The van der Waals surface area contributed by atoms with Crippen LogP contribution in [0.2, 0.25) is 0 Å². The first-order valence-electron chi connectivity index (χ1n) is 28.2. The van der Waals surface area contributed by atoms with E-state index >= 15 is 0 Å². The van der Waals surface area contributed by atoms with E-state index in [1.807, 2.05) is 64.1 Å². The molecular formula is C64H80AgBBr3Cs2N2O23. The Balaban J connectivity index is -0.000000588. The van der Waals surface area contributed by atoms with E-state index in [1.165, 1.54) is 52.0 Å². The Labute approximate surface area is 717 Å². The van der Waals surface area contributed by atoms with Crippen molar-refractivity contribution in [3.8, 4) is 56.8 Å².